The van der Waals surface area contributed by atoms with Crippen LogP contribution in [0.2, 0.25) is 0 Å². The van der Waals surface area contributed by atoms with Crippen molar-refractivity contribution >= 4 is 17.7 Å². The van der Waals surface area contributed by atoms with Crippen molar-refractivity contribution in [1.82, 2.24) is 15.5 Å². The molecule has 0 saturated carbocycles. The van der Waals surface area contributed by atoms with E-state index in [9.17, 15) is 0 Å². The zero-order valence-electron chi connectivity index (χ0n) is 14.6. The van der Waals surface area contributed by atoms with Crippen LogP contribution in [0.4, 0.5) is 0 Å². The summed E-state index contributed by atoms with van der Waals surface area (Å²) in [5, 5.41) is 6.71. The van der Waals surface area contributed by atoms with Gasteiger partial charge in [0.15, 0.2) is 5.96 Å². The van der Waals surface area contributed by atoms with Gasteiger partial charge in [-0.2, -0.15) is 11.8 Å². The van der Waals surface area contributed by atoms with Crippen LogP contribution in [0.25, 0.3) is 0 Å². The zero-order valence-corrected chi connectivity index (χ0v) is 15.5. The molecule has 2 N–H and O–H groups in total. The molecule has 1 rings (SSSR count). The third-order valence-corrected chi connectivity index (χ3v) is 4.71. The molecule has 1 unspecified atom stereocenters. The molecule has 0 aliphatic rings. The van der Waals surface area contributed by atoms with Gasteiger partial charge in [0.25, 0.3) is 0 Å². The van der Waals surface area contributed by atoms with Gasteiger partial charge in [-0.05, 0) is 53.3 Å². The number of rotatable bonds is 8. The van der Waals surface area contributed by atoms with E-state index in [1.807, 2.05) is 23.9 Å². The number of nitrogens with one attached hydrogen (secondary N) is 2. The number of aliphatic imine (C=N–C) groups is 1. The van der Waals surface area contributed by atoms with E-state index in [1.54, 1.807) is 6.26 Å². The summed E-state index contributed by atoms with van der Waals surface area (Å²) in [6.45, 7) is 8.85. The quantitative estimate of drug-likeness (QED) is 0.568. The van der Waals surface area contributed by atoms with Crippen molar-refractivity contribution in [3.8, 4) is 0 Å². The molecular weight excluding hydrogens is 296 g/mol. The molecule has 1 heterocycles. The van der Waals surface area contributed by atoms with E-state index in [2.05, 4.69) is 56.7 Å². The summed E-state index contributed by atoms with van der Waals surface area (Å²) in [5.74, 6) is 1.81. The minimum atomic E-state index is 0.143. The summed E-state index contributed by atoms with van der Waals surface area (Å²) < 4.78 is 5.68. The summed E-state index contributed by atoms with van der Waals surface area (Å²) in [5.41, 5.74) is 0. The zero-order chi connectivity index (χ0) is 16.6. The fourth-order valence-corrected chi connectivity index (χ4v) is 2.08. The lowest BCUT2D eigenvalue weighted by atomic mass is 10.2. The van der Waals surface area contributed by atoms with Gasteiger partial charge in [0.1, 0.15) is 5.76 Å². The predicted molar refractivity (Wildman–Crippen MR) is 96.7 cm³/mol. The minimum Gasteiger partial charge on any atom is -0.468 e. The summed E-state index contributed by atoms with van der Waals surface area (Å²) in [6.07, 6.45) is 3.83. The van der Waals surface area contributed by atoms with Crippen LogP contribution in [0.3, 0.4) is 0 Å². The van der Waals surface area contributed by atoms with Gasteiger partial charge in [0, 0.05) is 17.8 Å². The maximum Gasteiger partial charge on any atom is 0.191 e. The van der Waals surface area contributed by atoms with Crippen LogP contribution in [0.5, 0.6) is 0 Å². The van der Waals surface area contributed by atoms with Crippen molar-refractivity contribution in [1.29, 1.82) is 0 Å². The second-order valence-corrected chi connectivity index (χ2v) is 7.55. The Morgan fingerprint density at radius 2 is 2.14 bits per heavy atom. The lowest BCUT2D eigenvalue weighted by Crippen LogP contribution is -2.42. The Hall–Kier alpha value is -1.14. The standard InChI is InChI=1S/C16H30N4OS/c1-7-17-15(19-12-16(2,3)22-6)18-11-13(20(4)5)14-9-8-10-21-14/h8-10,13H,7,11-12H2,1-6H3,(H2,17,18,19). The second-order valence-electron chi connectivity index (χ2n) is 6.03. The first-order valence-corrected chi connectivity index (χ1v) is 8.89. The van der Waals surface area contributed by atoms with Gasteiger partial charge >= 0.3 is 0 Å². The molecule has 126 valence electrons. The van der Waals surface area contributed by atoms with Crippen LogP contribution in [-0.4, -0.2) is 55.6 Å². The first-order chi connectivity index (χ1) is 10.4. The van der Waals surface area contributed by atoms with Crippen LogP contribution >= 0.6 is 11.8 Å². The van der Waals surface area contributed by atoms with Crippen molar-refractivity contribution in [2.75, 3.05) is 40.0 Å². The first-order valence-electron chi connectivity index (χ1n) is 7.66. The molecule has 5 nitrogen and oxygen atoms in total. The molecule has 0 amide bonds. The summed E-state index contributed by atoms with van der Waals surface area (Å²) >= 11 is 1.83. The molecule has 0 aromatic carbocycles. The summed E-state index contributed by atoms with van der Waals surface area (Å²) in [6, 6.07) is 4.10. The first kappa shape index (κ1) is 18.9. The Bertz CT molecular complexity index is 443. The normalized spacial score (nSPS) is 14.2. The third kappa shape index (κ3) is 6.32. The van der Waals surface area contributed by atoms with Crippen LogP contribution in [0, 0.1) is 0 Å². The highest BCUT2D eigenvalue weighted by atomic mass is 32.2. The molecule has 0 bridgehead atoms. The average molecular weight is 327 g/mol. The SMILES string of the molecule is CCNC(=NCC(C)(C)SC)NCC(c1ccco1)N(C)C. The van der Waals surface area contributed by atoms with Crippen molar-refractivity contribution in [2.24, 2.45) is 4.99 Å². The fourth-order valence-electron chi connectivity index (χ4n) is 1.89. The topological polar surface area (TPSA) is 52.8 Å². The molecule has 0 aliphatic heterocycles. The Kier molecular flexibility index (Phi) is 7.82. The third-order valence-electron chi connectivity index (χ3n) is 3.47. The van der Waals surface area contributed by atoms with Crippen LogP contribution in [-0.2, 0) is 0 Å². The van der Waals surface area contributed by atoms with Crippen molar-refractivity contribution in [2.45, 2.75) is 31.6 Å². The highest BCUT2D eigenvalue weighted by Gasteiger charge is 2.18. The Morgan fingerprint density at radius 3 is 2.64 bits per heavy atom. The molecule has 0 saturated heterocycles. The average Bonchev–Trinajstić information content (AvgIpc) is 2.98. The molecule has 6 heteroatoms. The van der Waals surface area contributed by atoms with Gasteiger partial charge in [0.05, 0.1) is 18.8 Å². The number of likely N-dealkylation sites (N-methyl/N-ethyl adjacent to an activating group) is 1. The molecule has 1 aromatic heterocycles. The van der Waals surface area contributed by atoms with Crippen molar-refractivity contribution in [3.05, 3.63) is 24.2 Å². The summed E-state index contributed by atoms with van der Waals surface area (Å²) in [7, 11) is 4.10. The number of thioether (sulfide) groups is 1. The van der Waals surface area contributed by atoms with Crippen molar-refractivity contribution in [3.63, 3.8) is 0 Å². The number of hydrogen-bond acceptors (Lipinski definition) is 4. The van der Waals surface area contributed by atoms with Crippen LogP contribution < -0.4 is 10.6 Å². The van der Waals surface area contributed by atoms with E-state index in [4.69, 9.17) is 9.41 Å². The lowest BCUT2D eigenvalue weighted by Gasteiger charge is -2.24. The number of hydrogen-bond donors (Lipinski definition) is 2. The van der Waals surface area contributed by atoms with Gasteiger partial charge in [0.2, 0.25) is 0 Å². The second kappa shape index (κ2) is 9.10. The largest absolute Gasteiger partial charge is 0.468 e. The Balaban J connectivity index is 2.68. The van der Waals surface area contributed by atoms with Gasteiger partial charge in [-0.3, -0.25) is 9.89 Å². The smallest absolute Gasteiger partial charge is 0.191 e. The Morgan fingerprint density at radius 1 is 1.41 bits per heavy atom. The van der Waals surface area contributed by atoms with Gasteiger partial charge in [-0.15, -0.1) is 0 Å². The lowest BCUT2D eigenvalue weighted by molar-refractivity contribution is 0.258. The molecule has 0 radical (unpaired) electrons. The molecule has 0 aliphatic carbocycles. The predicted octanol–water partition coefficient (Wildman–Crippen LogP) is 2.58. The monoisotopic (exact) mass is 326 g/mol. The summed E-state index contributed by atoms with van der Waals surface area (Å²) in [4.78, 5) is 6.83. The van der Waals surface area contributed by atoms with Gasteiger partial charge in [-0.25, -0.2) is 0 Å². The molecule has 1 aromatic rings. The van der Waals surface area contributed by atoms with Crippen LogP contribution in [0.15, 0.2) is 27.8 Å². The number of furan rings is 1. The molecule has 22 heavy (non-hydrogen) atoms. The van der Waals surface area contributed by atoms with E-state index < -0.39 is 0 Å². The van der Waals surface area contributed by atoms with E-state index in [-0.39, 0.29) is 10.8 Å². The Labute approximate surface area is 138 Å². The molecule has 0 fully saturated rings. The maximum atomic E-state index is 5.54. The van der Waals surface area contributed by atoms with E-state index >= 15 is 0 Å². The number of guanidine groups is 1. The van der Waals surface area contributed by atoms with Gasteiger partial charge in [-0.1, -0.05) is 0 Å². The minimum absolute atomic E-state index is 0.143. The van der Waals surface area contributed by atoms with Crippen LogP contribution in [0.1, 0.15) is 32.6 Å². The number of nitrogens with zero attached hydrogens (tertiary/aromatic N) is 2. The molecule has 1 atom stereocenters. The van der Waals surface area contributed by atoms with E-state index in [0.29, 0.717) is 0 Å². The fraction of sp³-hybridized carbons (Fsp3) is 0.688. The maximum absolute atomic E-state index is 5.54. The highest BCUT2D eigenvalue weighted by molar-refractivity contribution is 7.99. The molecular formula is C16H30N4OS. The molecule has 0 spiro atoms. The van der Waals surface area contributed by atoms with E-state index in [0.717, 1.165) is 31.4 Å². The van der Waals surface area contributed by atoms with Gasteiger partial charge < -0.3 is 15.1 Å². The van der Waals surface area contributed by atoms with E-state index in [1.165, 1.54) is 0 Å². The van der Waals surface area contributed by atoms with Crippen molar-refractivity contribution < 1.29 is 4.42 Å². The highest BCUT2D eigenvalue weighted by Crippen LogP contribution is 2.21.